The summed E-state index contributed by atoms with van der Waals surface area (Å²) in [6, 6.07) is 8.28. The van der Waals surface area contributed by atoms with Crippen LogP contribution in [0.15, 0.2) is 34.4 Å². The molecule has 0 bridgehead atoms. The molecule has 1 aromatic carbocycles. The van der Waals surface area contributed by atoms with Crippen molar-refractivity contribution in [3.63, 3.8) is 0 Å². The highest BCUT2D eigenvalue weighted by Crippen LogP contribution is 2.29. The minimum Gasteiger partial charge on any atom is -0.372 e. The fourth-order valence-corrected chi connectivity index (χ4v) is 4.11. The first-order valence-electron chi connectivity index (χ1n) is 11.2. The van der Waals surface area contributed by atoms with E-state index in [1.165, 1.54) is 5.69 Å². The molecule has 1 unspecified atom stereocenters. The summed E-state index contributed by atoms with van der Waals surface area (Å²) in [6.45, 7) is 11.0. The average Bonchev–Trinajstić information content (AvgIpc) is 3.57. The maximum atomic E-state index is 5.76. The van der Waals surface area contributed by atoms with Gasteiger partial charge in [0.05, 0.1) is 12.3 Å². The van der Waals surface area contributed by atoms with E-state index in [1.807, 2.05) is 26.1 Å². The molecule has 172 valence electrons. The van der Waals surface area contributed by atoms with Crippen molar-refractivity contribution in [1.82, 2.24) is 24.7 Å². The van der Waals surface area contributed by atoms with E-state index in [1.54, 1.807) is 9.36 Å². The Balaban J connectivity index is 1.59. The van der Waals surface area contributed by atoms with Gasteiger partial charge in [0.1, 0.15) is 30.0 Å². The number of aryl methyl sites for hydroxylation is 3. The number of anilines is 1. The first-order chi connectivity index (χ1) is 16.0. The summed E-state index contributed by atoms with van der Waals surface area (Å²) in [5.74, 6) is 1.15. The number of hydrogen-bond donors (Lipinski definition) is 0. The summed E-state index contributed by atoms with van der Waals surface area (Å²) in [6.07, 6.45) is -0.306. The fraction of sp³-hybridized carbons (Fsp3) is 0.435. The van der Waals surface area contributed by atoms with Gasteiger partial charge in [0, 0.05) is 31.5 Å². The van der Waals surface area contributed by atoms with E-state index in [4.69, 9.17) is 19.6 Å². The van der Waals surface area contributed by atoms with Crippen molar-refractivity contribution in [2.24, 2.45) is 17.1 Å². The van der Waals surface area contributed by atoms with Crippen LogP contribution in [0.3, 0.4) is 0 Å². The molecule has 0 amide bonds. The number of hydrogen-bond acceptors (Lipinski definition) is 8. The second-order valence-corrected chi connectivity index (χ2v) is 8.19. The topological polar surface area (TPSA) is 95.0 Å². The van der Waals surface area contributed by atoms with Gasteiger partial charge >= 0.3 is 0 Å². The van der Waals surface area contributed by atoms with E-state index in [-0.39, 0.29) is 12.9 Å². The van der Waals surface area contributed by atoms with Crippen LogP contribution in [0.25, 0.3) is 11.5 Å². The number of benzene rings is 1. The lowest BCUT2D eigenvalue weighted by Gasteiger charge is -2.21. The number of rotatable bonds is 6. The minimum absolute atomic E-state index is 0.238. The Bertz CT molecular complexity index is 1230. The Kier molecular flexibility index (Phi) is 5.55. The summed E-state index contributed by atoms with van der Waals surface area (Å²) < 4.78 is 14.7. The zero-order valence-electron chi connectivity index (χ0n) is 19.6. The van der Waals surface area contributed by atoms with Crippen molar-refractivity contribution in [2.45, 2.75) is 33.8 Å². The van der Waals surface area contributed by atoms with Gasteiger partial charge in [-0.2, -0.15) is 14.9 Å². The zero-order chi connectivity index (χ0) is 23.1. The summed E-state index contributed by atoms with van der Waals surface area (Å²) in [4.78, 5) is 7.30. The summed E-state index contributed by atoms with van der Waals surface area (Å²) in [5.41, 5.74) is 6.20. The number of fused-ring (bicyclic) bond motifs is 1. The summed E-state index contributed by atoms with van der Waals surface area (Å²) in [7, 11) is 1.90. The number of aliphatic imine (C=N–C) groups is 1. The molecule has 2 aromatic heterocycles. The normalized spacial score (nSPS) is 18.8. The van der Waals surface area contributed by atoms with Crippen LogP contribution in [-0.2, 0) is 16.5 Å². The molecule has 4 heterocycles. The van der Waals surface area contributed by atoms with Gasteiger partial charge in [0.25, 0.3) is 0 Å². The van der Waals surface area contributed by atoms with Gasteiger partial charge < -0.3 is 14.4 Å². The molecular weight excluding hydrogens is 420 g/mol. The lowest BCUT2D eigenvalue weighted by atomic mass is 10.1. The second kappa shape index (κ2) is 8.53. The maximum Gasteiger partial charge on any atom is 0.205 e. The Morgan fingerprint density at radius 1 is 1.12 bits per heavy atom. The minimum atomic E-state index is -0.306. The number of aromatic nitrogens is 5. The largest absolute Gasteiger partial charge is 0.372 e. The van der Waals surface area contributed by atoms with Crippen LogP contribution in [0, 0.1) is 13.8 Å². The monoisotopic (exact) mass is 448 g/mol. The summed E-state index contributed by atoms with van der Waals surface area (Å²) >= 11 is 0. The first kappa shape index (κ1) is 21.5. The van der Waals surface area contributed by atoms with Gasteiger partial charge in [-0.15, -0.1) is 10.2 Å². The molecule has 0 aliphatic carbocycles. The van der Waals surface area contributed by atoms with Crippen molar-refractivity contribution >= 4 is 22.8 Å². The smallest absolute Gasteiger partial charge is 0.205 e. The van der Waals surface area contributed by atoms with Crippen LogP contribution in [0.5, 0.6) is 0 Å². The van der Waals surface area contributed by atoms with Crippen LogP contribution in [0.1, 0.15) is 30.9 Å². The Labute approximate surface area is 192 Å². The number of nitrogens with zero attached hydrogens (tertiary/aromatic N) is 8. The molecule has 10 nitrogen and oxygen atoms in total. The number of ether oxygens (including phenoxy) is 2. The molecule has 33 heavy (non-hydrogen) atoms. The van der Waals surface area contributed by atoms with Crippen LogP contribution in [0.2, 0.25) is 0 Å². The van der Waals surface area contributed by atoms with E-state index in [0.29, 0.717) is 35.4 Å². The van der Waals surface area contributed by atoms with E-state index < -0.39 is 0 Å². The molecule has 1 atom stereocenters. The Hall–Kier alpha value is -3.37. The second-order valence-electron chi connectivity index (χ2n) is 8.19. The standard InChI is InChI=1S/C23H28N8O2/c1-6-30(7-2)16-8-9-17(14(3)10-16)24-21-20(19-12-32-13-33-19)28-31-22(25-26-23(21)31)18-11-15(4)29(5)27-18/h8-11,19H,6-7,12-13H2,1-5H3. The molecule has 2 aliphatic rings. The van der Waals surface area contributed by atoms with Gasteiger partial charge in [0.15, 0.2) is 0 Å². The third kappa shape index (κ3) is 3.75. The lowest BCUT2D eigenvalue weighted by Crippen LogP contribution is -2.29. The van der Waals surface area contributed by atoms with E-state index in [9.17, 15) is 0 Å². The lowest BCUT2D eigenvalue weighted by molar-refractivity contribution is 0.0608. The van der Waals surface area contributed by atoms with Gasteiger partial charge in [-0.05, 0) is 57.5 Å². The molecule has 1 saturated heterocycles. The van der Waals surface area contributed by atoms with Crippen LogP contribution >= 0.6 is 0 Å². The Morgan fingerprint density at radius 3 is 2.55 bits per heavy atom. The molecule has 0 N–H and O–H groups in total. The van der Waals surface area contributed by atoms with Gasteiger partial charge in [-0.3, -0.25) is 4.68 Å². The van der Waals surface area contributed by atoms with Crippen molar-refractivity contribution in [3.05, 3.63) is 41.3 Å². The predicted molar refractivity (Wildman–Crippen MR) is 126 cm³/mol. The highest BCUT2D eigenvalue weighted by molar-refractivity contribution is 6.50. The Morgan fingerprint density at radius 2 is 1.91 bits per heavy atom. The van der Waals surface area contributed by atoms with E-state index >= 15 is 0 Å². The van der Waals surface area contributed by atoms with Crippen molar-refractivity contribution in [2.75, 3.05) is 31.4 Å². The average molecular weight is 449 g/mol. The molecule has 2 aliphatic heterocycles. The molecule has 10 heteroatoms. The molecule has 5 rings (SSSR count). The third-order valence-corrected chi connectivity index (χ3v) is 6.11. The zero-order valence-corrected chi connectivity index (χ0v) is 19.6. The van der Waals surface area contributed by atoms with Crippen LogP contribution in [-0.4, -0.2) is 68.7 Å². The molecule has 3 aromatic rings. The van der Waals surface area contributed by atoms with Crippen molar-refractivity contribution in [1.29, 1.82) is 0 Å². The van der Waals surface area contributed by atoms with Crippen LogP contribution in [0.4, 0.5) is 11.4 Å². The molecule has 0 saturated carbocycles. The molecule has 0 spiro atoms. The van der Waals surface area contributed by atoms with Gasteiger partial charge in [-0.1, -0.05) is 0 Å². The first-order valence-corrected chi connectivity index (χ1v) is 11.2. The van der Waals surface area contributed by atoms with Crippen LogP contribution < -0.4 is 4.90 Å². The van der Waals surface area contributed by atoms with Gasteiger partial charge in [-0.25, -0.2) is 4.99 Å². The molecule has 0 radical (unpaired) electrons. The van der Waals surface area contributed by atoms with E-state index in [0.717, 1.165) is 30.0 Å². The predicted octanol–water partition coefficient (Wildman–Crippen LogP) is 2.85. The maximum absolute atomic E-state index is 5.76. The summed E-state index contributed by atoms with van der Waals surface area (Å²) in [5, 5.41) is 18.1. The highest BCUT2D eigenvalue weighted by Gasteiger charge is 2.36. The quantitative estimate of drug-likeness (QED) is 0.576. The SMILES string of the molecule is CCN(CC)c1ccc(N=C2C(C3COCO3)=Nn3c2nnc3-c2cc(C)n(C)n2)c(C)c1. The highest BCUT2D eigenvalue weighted by atomic mass is 16.7. The molecule has 1 fully saturated rings. The van der Waals surface area contributed by atoms with Gasteiger partial charge in [0.2, 0.25) is 11.6 Å². The van der Waals surface area contributed by atoms with E-state index in [2.05, 4.69) is 53.1 Å². The van der Waals surface area contributed by atoms with Crippen molar-refractivity contribution < 1.29 is 9.47 Å². The molecular formula is C23H28N8O2. The fourth-order valence-electron chi connectivity index (χ4n) is 4.11. The van der Waals surface area contributed by atoms with Crippen molar-refractivity contribution in [3.8, 4) is 11.5 Å². The third-order valence-electron chi connectivity index (χ3n) is 6.11.